The van der Waals surface area contributed by atoms with E-state index >= 15 is 0 Å². The number of carboxylic acid groups (broad SMARTS) is 1. The van der Waals surface area contributed by atoms with Crippen molar-refractivity contribution in [2.24, 2.45) is 0 Å². The first-order valence-electron chi connectivity index (χ1n) is 2.82. The van der Waals surface area contributed by atoms with Gasteiger partial charge in [0.05, 0.1) is 5.57 Å². The Balaban J connectivity index is 4.33. The van der Waals surface area contributed by atoms with Gasteiger partial charge in [0.25, 0.3) is 0 Å². The van der Waals surface area contributed by atoms with Gasteiger partial charge in [0.15, 0.2) is 0 Å². The van der Waals surface area contributed by atoms with Crippen LogP contribution in [0.15, 0.2) is 24.0 Å². The van der Waals surface area contributed by atoms with E-state index < -0.39 is 5.97 Å². The van der Waals surface area contributed by atoms with E-state index in [0.717, 1.165) is 0 Å². The lowest BCUT2D eigenvalue weighted by Gasteiger charge is -1.96. The molecule has 0 amide bonds. The van der Waals surface area contributed by atoms with E-state index in [2.05, 4.69) is 6.58 Å². The van der Waals surface area contributed by atoms with Crippen LogP contribution in [0.3, 0.4) is 0 Å². The molecule has 0 aliphatic heterocycles. The summed E-state index contributed by atoms with van der Waals surface area (Å²) in [6, 6.07) is 0. The molecule has 10 heavy (non-hydrogen) atoms. The van der Waals surface area contributed by atoms with Crippen molar-refractivity contribution in [3.05, 3.63) is 24.0 Å². The summed E-state index contributed by atoms with van der Waals surface area (Å²) >= 11 is 0. The maximum atomic E-state index is 10.2. The molecule has 0 aliphatic rings. The van der Waals surface area contributed by atoms with Crippen LogP contribution in [0, 0.1) is 0 Å². The standard InChI is InChI=1S/C7H10O3/c1-3-4-6(8)5(2)7(9)10/h3,8H,1,4H2,2H3,(H,9,10). The second-order valence-electron chi connectivity index (χ2n) is 1.87. The van der Waals surface area contributed by atoms with Crippen LogP contribution in [0.25, 0.3) is 0 Å². The molecule has 0 heterocycles. The van der Waals surface area contributed by atoms with Gasteiger partial charge in [-0.3, -0.25) is 0 Å². The molecular weight excluding hydrogens is 132 g/mol. The average Bonchev–Trinajstić information content (AvgIpc) is 1.87. The van der Waals surface area contributed by atoms with Crippen molar-refractivity contribution in [1.82, 2.24) is 0 Å². The Kier molecular flexibility index (Phi) is 3.25. The fourth-order valence-electron chi connectivity index (χ4n) is 0.413. The minimum atomic E-state index is -1.10. The summed E-state index contributed by atoms with van der Waals surface area (Å²) < 4.78 is 0. The van der Waals surface area contributed by atoms with Crippen molar-refractivity contribution in [1.29, 1.82) is 0 Å². The summed E-state index contributed by atoms with van der Waals surface area (Å²) in [5.41, 5.74) is -0.0279. The summed E-state index contributed by atoms with van der Waals surface area (Å²) in [4.78, 5) is 10.2. The predicted octanol–water partition coefficient (Wildman–Crippen LogP) is 1.48. The van der Waals surface area contributed by atoms with Gasteiger partial charge in [0, 0.05) is 6.42 Å². The molecule has 0 bridgehead atoms. The molecule has 3 nitrogen and oxygen atoms in total. The van der Waals surface area contributed by atoms with Gasteiger partial charge in [0.2, 0.25) is 0 Å². The smallest absolute Gasteiger partial charge is 0.334 e. The lowest BCUT2D eigenvalue weighted by molar-refractivity contribution is -0.132. The van der Waals surface area contributed by atoms with Crippen molar-refractivity contribution in [2.75, 3.05) is 0 Å². The van der Waals surface area contributed by atoms with Gasteiger partial charge in [-0.1, -0.05) is 6.08 Å². The third-order valence-corrected chi connectivity index (χ3v) is 1.09. The van der Waals surface area contributed by atoms with Gasteiger partial charge < -0.3 is 10.2 Å². The molecule has 0 fully saturated rings. The molecule has 0 radical (unpaired) electrons. The van der Waals surface area contributed by atoms with E-state index in [1.165, 1.54) is 13.0 Å². The molecule has 0 aliphatic carbocycles. The average molecular weight is 142 g/mol. The number of allylic oxidation sites excluding steroid dienone is 1. The number of carboxylic acids is 1. The molecule has 0 spiro atoms. The maximum absolute atomic E-state index is 10.2. The van der Waals surface area contributed by atoms with Crippen LogP contribution in [-0.4, -0.2) is 16.2 Å². The fourth-order valence-corrected chi connectivity index (χ4v) is 0.413. The number of carbonyl (C=O) groups is 1. The number of aliphatic hydroxyl groups is 1. The quantitative estimate of drug-likeness (QED) is 0.356. The maximum Gasteiger partial charge on any atom is 0.334 e. The molecule has 0 unspecified atom stereocenters. The summed E-state index contributed by atoms with van der Waals surface area (Å²) in [6.07, 6.45) is 1.65. The minimum Gasteiger partial charge on any atom is -0.511 e. The van der Waals surface area contributed by atoms with Crippen molar-refractivity contribution in [3.63, 3.8) is 0 Å². The zero-order chi connectivity index (χ0) is 8.15. The van der Waals surface area contributed by atoms with E-state index in [9.17, 15) is 4.79 Å². The first-order valence-corrected chi connectivity index (χ1v) is 2.82. The van der Waals surface area contributed by atoms with E-state index in [1.54, 1.807) is 0 Å². The summed E-state index contributed by atoms with van der Waals surface area (Å²) in [5, 5.41) is 17.2. The Labute approximate surface area is 59.3 Å². The van der Waals surface area contributed by atoms with Crippen molar-refractivity contribution in [3.8, 4) is 0 Å². The Morgan fingerprint density at radius 1 is 1.60 bits per heavy atom. The number of aliphatic carboxylic acids is 1. The molecule has 0 atom stereocenters. The van der Waals surface area contributed by atoms with Crippen LogP contribution in [0.4, 0.5) is 0 Å². The van der Waals surface area contributed by atoms with Crippen LogP contribution in [0.5, 0.6) is 0 Å². The normalized spacial score (nSPS) is 12.1. The molecule has 0 aromatic heterocycles. The third-order valence-electron chi connectivity index (χ3n) is 1.09. The number of hydrogen-bond acceptors (Lipinski definition) is 2. The van der Waals surface area contributed by atoms with Crippen LogP contribution in [0.2, 0.25) is 0 Å². The SMILES string of the molecule is C=CCC(O)=C(C)C(=O)O. The highest BCUT2D eigenvalue weighted by Gasteiger charge is 2.05. The van der Waals surface area contributed by atoms with Crippen LogP contribution >= 0.6 is 0 Å². The molecule has 56 valence electrons. The fraction of sp³-hybridized carbons (Fsp3) is 0.286. The summed E-state index contributed by atoms with van der Waals surface area (Å²) in [7, 11) is 0. The Hall–Kier alpha value is -1.25. The van der Waals surface area contributed by atoms with Crippen LogP contribution < -0.4 is 0 Å². The van der Waals surface area contributed by atoms with Crippen molar-refractivity contribution < 1.29 is 15.0 Å². The number of rotatable bonds is 3. The molecule has 3 heteroatoms. The topological polar surface area (TPSA) is 57.5 Å². The summed E-state index contributed by atoms with van der Waals surface area (Å²) in [5.74, 6) is -1.23. The van der Waals surface area contributed by atoms with Gasteiger partial charge in [-0.15, -0.1) is 6.58 Å². The minimum absolute atomic E-state index is 0.0279. The molecule has 0 aromatic rings. The highest BCUT2D eigenvalue weighted by atomic mass is 16.4. The highest BCUT2D eigenvalue weighted by Crippen LogP contribution is 2.04. The lowest BCUT2D eigenvalue weighted by Crippen LogP contribution is -2.00. The van der Waals surface area contributed by atoms with Gasteiger partial charge >= 0.3 is 5.97 Å². The molecular formula is C7H10O3. The number of aliphatic hydroxyl groups excluding tert-OH is 1. The van der Waals surface area contributed by atoms with E-state index in [-0.39, 0.29) is 17.8 Å². The van der Waals surface area contributed by atoms with E-state index in [1.807, 2.05) is 0 Å². The van der Waals surface area contributed by atoms with Crippen LogP contribution in [-0.2, 0) is 4.79 Å². The first-order chi connectivity index (χ1) is 4.59. The predicted molar refractivity (Wildman–Crippen MR) is 37.8 cm³/mol. The van der Waals surface area contributed by atoms with Gasteiger partial charge in [-0.05, 0) is 6.92 Å². The largest absolute Gasteiger partial charge is 0.511 e. The number of hydrogen-bond donors (Lipinski definition) is 2. The summed E-state index contributed by atoms with van der Waals surface area (Å²) in [6.45, 7) is 4.70. The second-order valence-corrected chi connectivity index (χ2v) is 1.87. The molecule has 0 saturated heterocycles. The lowest BCUT2D eigenvalue weighted by atomic mass is 10.2. The van der Waals surface area contributed by atoms with Crippen LogP contribution in [0.1, 0.15) is 13.3 Å². The highest BCUT2D eigenvalue weighted by molar-refractivity contribution is 5.86. The van der Waals surface area contributed by atoms with Gasteiger partial charge in [-0.2, -0.15) is 0 Å². The Morgan fingerprint density at radius 3 is 2.40 bits per heavy atom. The Morgan fingerprint density at radius 2 is 2.10 bits per heavy atom. The van der Waals surface area contributed by atoms with Gasteiger partial charge in [0.1, 0.15) is 5.76 Å². The van der Waals surface area contributed by atoms with E-state index in [0.29, 0.717) is 0 Å². The molecule has 0 aromatic carbocycles. The second kappa shape index (κ2) is 3.71. The van der Waals surface area contributed by atoms with Crippen molar-refractivity contribution in [2.45, 2.75) is 13.3 Å². The van der Waals surface area contributed by atoms with E-state index in [4.69, 9.17) is 10.2 Å². The zero-order valence-corrected chi connectivity index (χ0v) is 5.79. The Bertz CT molecular complexity index is 179. The monoisotopic (exact) mass is 142 g/mol. The van der Waals surface area contributed by atoms with Crippen molar-refractivity contribution >= 4 is 5.97 Å². The van der Waals surface area contributed by atoms with Gasteiger partial charge in [-0.25, -0.2) is 4.79 Å². The molecule has 0 rings (SSSR count). The first kappa shape index (κ1) is 8.75. The zero-order valence-electron chi connectivity index (χ0n) is 5.79. The third kappa shape index (κ3) is 2.35. The molecule has 0 saturated carbocycles. The molecule has 2 N–H and O–H groups in total.